The molecule has 0 atom stereocenters. The first-order valence-corrected chi connectivity index (χ1v) is 8.03. The number of nitrogens with zero attached hydrogens (tertiary/aromatic N) is 2. The van der Waals surface area contributed by atoms with Crippen LogP contribution in [0.4, 0.5) is 5.95 Å². The summed E-state index contributed by atoms with van der Waals surface area (Å²) >= 11 is 5.77. The number of nitrogens with one attached hydrogen (secondary N) is 1. The van der Waals surface area contributed by atoms with Gasteiger partial charge in [-0.1, -0.05) is 41.9 Å². The van der Waals surface area contributed by atoms with Crippen molar-refractivity contribution in [3.8, 4) is 0 Å². The van der Waals surface area contributed by atoms with E-state index >= 15 is 0 Å². The number of aryl methyl sites for hydroxylation is 2. The van der Waals surface area contributed by atoms with Crippen molar-refractivity contribution in [2.45, 2.75) is 13.3 Å². The molecule has 0 saturated heterocycles. The Bertz CT molecular complexity index is 670. The van der Waals surface area contributed by atoms with E-state index in [-0.39, 0.29) is 16.9 Å². The van der Waals surface area contributed by atoms with Crippen LogP contribution in [0.5, 0.6) is 0 Å². The maximum atomic E-state index is 12.0. The van der Waals surface area contributed by atoms with Gasteiger partial charge in [-0.25, -0.2) is 18.4 Å². The third-order valence-electron chi connectivity index (χ3n) is 2.57. The van der Waals surface area contributed by atoms with Crippen LogP contribution in [0.2, 0.25) is 5.15 Å². The largest absolute Gasteiger partial charge is 0.251 e. The van der Waals surface area contributed by atoms with E-state index in [4.69, 9.17) is 11.6 Å². The summed E-state index contributed by atoms with van der Waals surface area (Å²) in [5, 5.41) is 0.207. The number of anilines is 1. The molecule has 0 radical (unpaired) electrons. The van der Waals surface area contributed by atoms with Crippen molar-refractivity contribution < 1.29 is 8.42 Å². The van der Waals surface area contributed by atoms with Gasteiger partial charge >= 0.3 is 0 Å². The molecule has 0 aliphatic rings. The first-order valence-electron chi connectivity index (χ1n) is 6.00. The molecule has 0 aliphatic carbocycles. The van der Waals surface area contributed by atoms with E-state index in [2.05, 4.69) is 14.7 Å². The smallest absolute Gasteiger partial charge is 0.238 e. The third kappa shape index (κ3) is 4.47. The molecule has 1 aromatic carbocycles. The lowest BCUT2D eigenvalue weighted by atomic mass is 10.2. The summed E-state index contributed by atoms with van der Waals surface area (Å²) in [5.74, 6) is -0.0329. The predicted octanol–water partition coefficient (Wildman–Crippen LogP) is 2.42. The topological polar surface area (TPSA) is 72.0 Å². The van der Waals surface area contributed by atoms with Crippen LogP contribution in [0.1, 0.15) is 11.3 Å². The Morgan fingerprint density at radius 3 is 2.55 bits per heavy atom. The maximum Gasteiger partial charge on any atom is 0.238 e. The molecule has 106 valence electrons. The van der Waals surface area contributed by atoms with E-state index in [0.29, 0.717) is 12.1 Å². The van der Waals surface area contributed by atoms with Crippen LogP contribution < -0.4 is 4.72 Å². The summed E-state index contributed by atoms with van der Waals surface area (Å²) in [4.78, 5) is 7.83. The summed E-state index contributed by atoms with van der Waals surface area (Å²) in [5.41, 5.74) is 1.56. The molecule has 0 fully saturated rings. The van der Waals surface area contributed by atoms with E-state index in [0.717, 1.165) is 5.56 Å². The normalized spacial score (nSPS) is 11.3. The molecule has 0 spiro atoms. The Kier molecular flexibility index (Phi) is 4.57. The minimum absolute atomic E-state index is 0.00283. The van der Waals surface area contributed by atoms with Gasteiger partial charge in [0.25, 0.3) is 0 Å². The Labute approximate surface area is 123 Å². The van der Waals surface area contributed by atoms with E-state index in [1.807, 2.05) is 30.3 Å². The van der Waals surface area contributed by atoms with E-state index in [9.17, 15) is 8.42 Å². The highest BCUT2D eigenvalue weighted by atomic mass is 35.5. The lowest BCUT2D eigenvalue weighted by Crippen LogP contribution is -2.20. The SMILES string of the molecule is Cc1cc(Cl)nc(NS(=O)(=O)CCc2ccccc2)n1. The van der Waals surface area contributed by atoms with E-state index in [1.54, 1.807) is 13.0 Å². The average Bonchev–Trinajstić information content (AvgIpc) is 2.36. The van der Waals surface area contributed by atoms with Gasteiger partial charge in [0.2, 0.25) is 16.0 Å². The van der Waals surface area contributed by atoms with Crippen molar-refractivity contribution in [1.29, 1.82) is 0 Å². The number of rotatable bonds is 5. The van der Waals surface area contributed by atoms with Crippen LogP contribution >= 0.6 is 11.6 Å². The van der Waals surface area contributed by atoms with Gasteiger partial charge in [-0.05, 0) is 25.0 Å². The molecule has 0 bridgehead atoms. The van der Waals surface area contributed by atoms with Crippen LogP contribution in [-0.2, 0) is 16.4 Å². The predicted molar refractivity (Wildman–Crippen MR) is 79.3 cm³/mol. The van der Waals surface area contributed by atoms with Gasteiger partial charge in [0, 0.05) is 5.69 Å². The number of aromatic nitrogens is 2. The molecule has 5 nitrogen and oxygen atoms in total. The first-order chi connectivity index (χ1) is 9.44. The second kappa shape index (κ2) is 6.19. The van der Waals surface area contributed by atoms with Gasteiger partial charge < -0.3 is 0 Å². The third-order valence-corrected chi connectivity index (χ3v) is 4.00. The van der Waals surface area contributed by atoms with E-state index < -0.39 is 10.0 Å². The van der Waals surface area contributed by atoms with Crippen molar-refractivity contribution in [3.63, 3.8) is 0 Å². The Morgan fingerprint density at radius 2 is 1.90 bits per heavy atom. The van der Waals surface area contributed by atoms with Gasteiger partial charge in [-0.3, -0.25) is 4.72 Å². The lowest BCUT2D eigenvalue weighted by Gasteiger charge is -2.07. The van der Waals surface area contributed by atoms with Crippen molar-refractivity contribution in [1.82, 2.24) is 9.97 Å². The zero-order valence-electron chi connectivity index (χ0n) is 10.9. The molecule has 0 amide bonds. The summed E-state index contributed by atoms with van der Waals surface area (Å²) in [6, 6.07) is 11.0. The highest BCUT2D eigenvalue weighted by Gasteiger charge is 2.13. The first kappa shape index (κ1) is 14.7. The molecule has 1 heterocycles. The molecule has 0 aliphatic heterocycles. The summed E-state index contributed by atoms with van der Waals surface area (Å²) in [7, 11) is -3.50. The summed E-state index contributed by atoms with van der Waals surface area (Å²) in [6.45, 7) is 1.72. The number of halogens is 1. The van der Waals surface area contributed by atoms with Crippen LogP contribution in [-0.4, -0.2) is 24.1 Å². The highest BCUT2D eigenvalue weighted by molar-refractivity contribution is 7.92. The average molecular weight is 312 g/mol. The van der Waals surface area contributed by atoms with Crippen molar-refractivity contribution in [2.75, 3.05) is 10.5 Å². The molecule has 0 unspecified atom stereocenters. The highest BCUT2D eigenvalue weighted by Crippen LogP contribution is 2.11. The molecule has 20 heavy (non-hydrogen) atoms. The van der Waals surface area contributed by atoms with Gasteiger partial charge in [0.1, 0.15) is 5.15 Å². The summed E-state index contributed by atoms with van der Waals surface area (Å²) < 4.78 is 26.3. The lowest BCUT2D eigenvalue weighted by molar-refractivity contribution is 0.600. The molecule has 2 aromatic rings. The zero-order valence-corrected chi connectivity index (χ0v) is 12.4. The number of hydrogen-bond donors (Lipinski definition) is 1. The van der Waals surface area contributed by atoms with E-state index in [1.165, 1.54) is 0 Å². The van der Waals surface area contributed by atoms with Crippen LogP contribution in [0.3, 0.4) is 0 Å². The number of sulfonamides is 1. The Hall–Kier alpha value is -1.66. The van der Waals surface area contributed by atoms with Crippen molar-refractivity contribution >= 4 is 27.6 Å². The molecular formula is C13H14ClN3O2S. The van der Waals surface area contributed by atoms with Crippen molar-refractivity contribution in [3.05, 3.63) is 52.8 Å². The Morgan fingerprint density at radius 1 is 1.20 bits per heavy atom. The fraction of sp³-hybridized carbons (Fsp3) is 0.231. The standard InChI is InChI=1S/C13H14ClN3O2S/c1-10-9-12(14)16-13(15-10)17-20(18,19)8-7-11-5-3-2-4-6-11/h2-6,9H,7-8H2,1H3,(H,15,16,17). The van der Waals surface area contributed by atoms with Gasteiger partial charge in [-0.2, -0.15) is 0 Å². The van der Waals surface area contributed by atoms with Gasteiger partial charge in [-0.15, -0.1) is 0 Å². The molecular weight excluding hydrogens is 298 g/mol. The second-order valence-corrected chi connectivity index (χ2v) is 6.54. The summed E-state index contributed by atoms with van der Waals surface area (Å²) in [6.07, 6.45) is 0.426. The second-order valence-electron chi connectivity index (χ2n) is 4.31. The monoisotopic (exact) mass is 311 g/mol. The number of benzene rings is 1. The minimum atomic E-state index is -3.50. The fourth-order valence-corrected chi connectivity index (χ4v) is 2.88. The molecule has 1 N–H and O–H groups in total. The van der Waals surface area contributed by atoms with Crippen LogP contribution in [0.15, 0.2) is 36.4 Å². The zero-order chi connectivity index (χ0) is 14.6. The fourth-order valence-electron chi connectivity index (χ4n) is 1.66. The molecule has 0 saturated carbocycles. The molecule has 7 heteroatoms. The maximum absolute atomic E-state index is 12.0. The van der Waals surface area contributed by atoms with Crippen molar-refractivity contribution in [2.24, 2.45) is 0 Å². The van der Waals surface area contributed by atoms with Crippen LogP contribution in [0, 0.1) is 6.92 Å². The molecule has 1 aromatic heterocycles. The minimum Gasteiger partial charge on any atom is -0.251 e. The number of hydrogen-bond acceptors (Lipinski definition) is 4. The van der Waals surface area contributed by atoms with Gasteiger partial charge in [0.05, 0.1) is 5.75 Å². The Balaban J connectivity index is 2.04. The van der Waals surface area contributed by atoms with Crippen LogP contribution in [0.25, 0.3) is 0 Å². The molecule has 2 rings (SSSR count). The van der Waals surface area contributed by atoms with Gasteiger partial charge in [0.15, 0.2) is 0 Å². The quantitative estimate of drug-likeness (QED) is 0.861.